The van der Waals surface area contributed by atoms with Gasteiger partial charge in [-0.2, -0.15) is 0 Å². The molecular formula is C13H19N. The number of aryl methyl sites for hydroxylation is 1. The first-order valence-corrected chi connectivity index (χ1v) is 5.10. The van der Waals surface area contributed by atoms with Gasteiger partial charge in [0.1, 0.15) is 0 Å². The molecule has 0 aromatic heterocycles. The third kappa shape index (κ3) is 2.46. The molecule has 76 valence electrons. The number of nitrogens with two attached hydrogens (primary N) is 1. The van der Waals surface area contributed by atoms with E-state index in [1.54, 1.807) is 0 Å². The Morgan fingerprint density at radius 3 is 2.71 bits per heavy atom. The summed E-state index contributed by atoms with van der Waals surface area (Å²) in [4.78, 5) is 0. The van der Waals surface area contributed by atoms with E-state index in [4.69, 9.17) is 5.73 Å². The second kappa shape index (κ2) is 4.97. The summed E-state index contributed by atoms with van der Waals surface area (Å²) in [7, 11) is 0. The van der Waals surface area contributed by atoms with Crippen LogP contribution < -0.4 is 5.73 Å². The second-order valence-electron chi connectivity index (χ2n) is 3.71. The number of hydrogen-bond acceptors (Lipinski definition) is 1. The Bertz CT molecular complexity index is 337. The molecule has 0 saturated heterocycles. The molecular weight excluding hydrogens is 170 g/mol. The van der Waals surface area contributed by atoms with Crippen molar-refractivity contribution in [2.75, 3.05) is 6.54 Å². The first kappa shape index (κ1) is 11.0. The average Bonchev–Trinajstić information content (AvgIpc) is 2.18. The summed E-state index contributed by atoms with van der Waals surface area (Å²) in [5.41, 5.74) is 10.9. The number of benzene rings is 1. The van der Waals surface area contributed by atoms with Crippen LogP contribution in [0.3, 0.4) is 0 Å². The molecule has 0 fully saturated rings. The maximum atomic E-state index is 5.48. The third-order valence-electron chi connectivity index (χ3n) is 2.65. The van der Waals surface area contributed by atoms with Crippen LogP contribution in [0.4, 0.5) is 0 Å². The molecule has 0 aliphatic rings. The molecule has 0 unspecified atom stereocenters. The zero-order chi connectivity index (χ0) is 10.6. The fraction of sp³-hybridized carbons (Fsp3) is 0.385. The van der Waals surface area contributed by atoms with Crippen molar-refractivity contribution in [1.82, 2.24) is 0 Å². The normalized spacial score (nSPS) is 11.9. The standard InChI is InChI=1S/C13H19N/c1-10-6-4-8-13(12(10)3)11(2)7-5-9-14/h4,6-8H,5,9,14H2,1-3H3/b11-7-. The van der Waals surface area contributed by atoms with E-state index in [1.807, 2.05) is 0 Å². The van der Waals surface area contributed by atoms with Crippen LogP contribution >= 0.6 is 0 Å². The molecule has 1 heteroatoms. The van der Waals surface area contributed by atoms with Crippen LogP contribution in [0.2, 0.25) is 0 Å². The minimum absolute atomic E-state index is 0.724. The molecule has 1 rings (SSSR count). The number of hydrogen-bond donors (Lipinski definition) is 1. The molecule has 0 aliphatic heterocycles. The molecule has 0 heterocycles. The van der Waals surface area contributed by atoms with Gasteiger partial charge in [-0.3, -0.25) is 0 Å². The molecule has 0 bridgehead atoms. The Kier molecular flexibility index (Phi) is 3.90. The van der Waals surface area contributed by atoms with E-state index in [0.29, 0.717) is 0 Å². The van der Waals surface area contributed by atoms with Gasteiger partial charge in [0.15, 0.2) is 0 Å². The average molecular weight is 189 g/mol. The van der Waals surface area contributed by atoms with Crippen molar-refractivity contribution in [1.29, 1.82) is 0 Å². The predicted molar refractivity (Wildman–Crippen MR) is 63.2 cm³/mol. The summed E-state index contributed by atoms with van der Waals surface area (Å²) in [6, 6.07) is 6.43. The number of allylic oxidation sites excluding steroid dienone is 1. The minimum Gasteiger partial charge on any atom is -0.330 e. The van der Waals surface area contributed by atoms with Crippen LogP contribution in [0.25, 0.3) is 5.57 Å². The maximum absolute atomic E-state index is 5.48. The maximum Gasteiger partial charge on any atom is -0.00424 e. The van der Waals surface area contributed by atoms with Crippen LogP contribution in [0.5, 0.6) is 0 Å². The van der Waals surface area contributed by atoms with Gasteiger partial charge in [0.25, 0.3) is 0 Å². The highest BCUT2D eigenvalue weighted by Crippen LogP contribution is 2.21. The van der Waals surface area contributed by atoms with E-state index in [9.17, 15) is 0 Å². The first-order valence-electron chi connectivity index (χ1n) is 5.10. The highest BCUT2D eigenvalue weighted by atomic mass is 14.5. The lowest BCUT2D eigenvalue weighted by Gasteiger charge is -2.08. The molecule has 2 N–H and O–H groups in total. The zero-order valence-electron chi connectivity index (χ0n) is 9.30. The highest BCUT2D eigenvalue weighted by molar-refractivity contribution is 5.67. The van der Waals surface area contributed by atoms with Gasteiger partial charge in [0.05, 0.1) is 0 Å². The summed E-state index contributed by atoms with van der Waals surface area (Å²) in [6.07, 6.45) is 3.17. The molecule has 14 heavy (non-hydrogen) atoms. The van der Waals surface area contributed by atoms with Crippen molar-refractivity contribution >= 4 is 5.57 Å². The monoisotopic (exact) mass is 189 g/mol. The minimum atomic E-state index is 0.724. The molecule has 0 saturated carbocycles. The zero-order valence-corrected chi connectivity index (χ0v) is 9.30. The van der Waals surface area contributed by atoms with Crippen molar-refractivity contribution in [2.45, 2.75) is 27.2 Å². The highest BCUT2D eigenvalue weighted by Gasteiger charge is 2.01. The summed E-state index contributed by atoms with van der Waals surface area (Å²) in [5.74, 6) is 0. The van der Waals surface area contributed by atoms with E-state index in [2.05, 4.69) is 45.0 Å². The summed E-state index contributed by atoms with van der Waals surface area (Å²) in [6.45, 7) is 7.19. The third-order valence-corrected chi connectivity index (χ3v) is 2.65. The van der Waals surface area contributed by atoms with E-state index in [-0.39, 0.29) is 0 Å². The van der Waals surface area contributed by atoms with Crippen LogP contribution in [0.15, 0.2) is 24.3 Å². The lowest BCUT2D eigenvalue weighted by atomic mass is 9.97. The predicted octanol–water partition coefficient (Wildman–Crippen LogP) is 3.06. The van der Waals surface area contributed by atoms with Crippen molar-refractivity contribution in [3.8, 4) is 0 Å². The van der Waals surface area contributed by atoms with Gasteiger partial charge in [-0.15, -0.1) is 0 Å². The number of rotatable bonds is 3. The van der Waals surface area contributed by atoms with Crippen LogP contribution in [0.1, 0.15) is 30.0 Å². The molecule has 0 spiro atoms. The van der Waals surface area contributed by atoms with E-state index >= 15 is 0 Å². The lowest BCUT2D eigenvalue weighted by Crippen LogP contribution is -1.96. The Morgan fingerprint density at radius 1 is 1.36 bits per heavy atom. The summed E-state index contributed by atoms with van der Waals surface area (Å²) < 4.78 is 0. The van der Waals surface area contributed by atoms with Gasteiger partial charge >= 0.3 is 0 Å². The van der Waals surface area contributed by atoms with E-state index in [0.717, 1.165) is 13.0 Å². The van der Waals surface area contributed by atoms with Gasteiger partial charge in [-0.25, -0.2) is 0 Å². The van der Waals surface area contributed by atoms with Crippen LogP contribution in [-0.4, -0.2) is 6.54 Å². The van der Waals surface area contributed by atoms with Gasteiger partial charge in [-0.05, 0) is 56.0 Å². The summed E-state index contributed by atoms with van der Waals surface area (Å²) >= 11 is 0. The first-order chi connectivity index (χ1) is 6.66. The SMILES string of the molecule is C/C(=C/CCN)c1cccc(C)c1C. The van der Waals surface area contributed by atoms with Crippen molar-refractivity contribution in [3.63, 3.8) is 0 Å². The Balaban J connectivity index is 3.01. The van der Waals surface area contributed by atoms with Gasteiger partial charge in [0.2, 0.25) is 0 Å². The molecule has 1 nitrogen and oxygen atoms in total. The van der Waals surface area contributed by atoms with Gasteiger partial charge in [0, 0.05) is 0 Å². The van der Waals surface area contributed by atoms with Crippen molar-refractivity contribution in [3.05, 3.63) is 41.0 Å². The van der Waals surface area contributed by atoms with Crippen molar-refractivity contribution < 1.29 is 0 Å². The van der Waals surface area contributed by atoms with Crippen LogP contribution in [0, 0.1) is 13.8 Å². The molecule has 0 amide bonds. The van der Waals surface area contributed by atoms with Crippen LogP contribution in [-0.2, 0) is 0 Å². The Hall–Kier alpha value is -1.08. The quantitative estimate of drug-likeness (QED) is 0.777. The second-order valence-corrected chi connectivity index (χ2v) is 3.71. The largest absolute Gasteiger partial charge is 0.330 e. The van der Waals surface area contributed by atoms with Gasteiger partial charge in [-0.1, -0.05) is 24.3 Å². The fourth-order valence-electron chi connectivity index (χ4n) is 1.59. The molecule has 0 aliphatic carbocycles. The Labute approximate surface area is 86.6 Å². The fourth-order valence-corrected chi connectivity index (χ4v) is 1.59. The Morgan fingerprint density at radius 2 is 2.07 bits per heavy atom. The molecule has 1 aromatic rings. The van der Waals surface area contributed by atoms with Crippen molar-refractivity contribution in [2.24, 2.45) is 5.73 Å². The molecule has 0 radical (unpaired) electrons. The smallest absolute Gasteiger partial charge is 0.00424 e. The molecule has 1 aromatic carbocycles. The molecule has 0 atom stereocenters. The summed E-state index contributed by atoms with van der Waals surface area (Å²) in [5, 5.41) is 0. The topological polar surface area (TPSA) is 26.0 Å². The van der Waals surface area contributed by atoms with Gasteiger partial charge < -0.3 is 5.73 Å². The lowest BCUT2D eigenvalue weighted by molar-refractivity contribution is 1.01. The van der Waals surface area contributed by atoms with E-state index in [1.165, 1.54) is 22.3 Å². The van der Waals surface area contributed by atoms with E-state index < -0.39 is 0 Å².